The average Bonchev–Trinajstić information content (AvgIpc) is 3.06. The van der Waals surface area contributed by atoms with Crippen LogP contribution in [0.4, 0.5) is 0 Å². The van der Waals surface area contributed by atoms with Crippen LogP contribution in [0.3, 0.4) is 0 Å². The van der Waals surface area contributed by atoms with Gasteiger partial charge < -0.3 is 4.90 Å². The summed E-state index contributed by atoms with van der Waals surface area (Å²) in [6.45, 7) is 7.70. The fraction of sp³-hybridized carbons (Fsp3) is 0.304. The number of hydrazine groups is 1. The van der Waals surface area contributed by atoms with E-state index in [1.165, 1.54) is 5.56 Å². The number of rotatable bonds is 4. The smallest absolute Gasteiger partial charge is 0.258 e. The fourth-order valence-corrected chi connectivity index (χ4v) is 3.51. The Morgan fingerprint density at radius 3 is 2.48 bits per heavy atom. The van der Waals surface area contributed by atoms with Crippen molar-refractivity contribution in [3.05, 3.63) is 65.5 Å². The molecule has 1 aromatic carbocycles. The molecule has 1 aliphatic rings. The van der Waals surface area contributed by atoms with Crippen LogP contribution in [0.2, 0.25) is 0 Å². The summed E-state index contributed by atoms with van der Waals surface area (Å²) in [4.78, 5) is 19.6. The Hall–Kier alpha value is -2.96. The molecular formula is C23H27N5O. The van der Waals surface area contributed by atoms with E-state index in [4.69, 9.17) is 4.98 Å². The fourth-order valence-electron chi connectivity index (χ4n) is 3.51. The van der Waals surface area contributed by atoms with Crippen LogP contribution in [0.1, 0.15) is 16.8 Å². The molecule has 1 fully saturated rings. The van der Waals surface area contributed by atoms with Gasteiger partial charge in [-0.05, 0) is 44.7 Å². The molecule has 1 amide bonds. The molecule has 1 saturated heterocycles. The summed E-state index contributed by atoms with van der Waals surface area (Å²) < 4.78 is 2.03. The van der Waals surface area contributed by atoms with Crippen LogP contribution in [0.25, 0.3) is 23.0 Å². The van der Waals surface area contributed by atoms with Gasteiger partial charge in [-0.25, -0.2) is 9.99 Å². The number of hydrogen-bond donors (Lipinski definition) is 1. The molecule has 0 radical (unpaired) electrons. The Kier molecular flexibility index (Phi) is 5.47. The standard InChI is InChI=1S/C23H27N5O/c1-17-4-6-19(7-5-17)23-20(28-11-10-18(2)16-21(28)24-23)8-9-22(29)25-27-14-12-26(3)13-15-27/h4-11,16H,12-15H2,1-3H3,(H,25,29)/b9-8+. The minimum Gasteiger partial charge on any atom is -0.304 e. The Morgan fingerprint density at radius 2 is 1.76 bits per heavy atom. The monoisotopic (exact) mass is 389 g/mol. The largest absolute Gasteiger partial charge is 0.304 e. The lowest BCUT2D eigenvalue weighted by Crippen LogP contribution is -2.52. The van der Waals surface area contributed by atoms with Crippen molar-refractivity contribution in [2.24, 2.45) is 0 Å². The molecule has 0 spiro atoms. The van der Waals surface area contributed by atoms with E-state index in [1.54, 1.807) is 6.08 Å². The first kappa shape index (κ1) is 19.4. The normalized spacial score (nSPS) is 16.0. The molecule has 6 heteroatoms. The van der Waals surface area contributed by atoms with E-state index in [2.05, 4.69) is 67.6 Å². The minimum absolute atomic E-state index is 0.119. The summed E-state index contributed by atoms with van der Waals surface area (Å²) in [6, 6.07) is 12.4. The van der Waals surface area contributed by atoms with E-state index in [1.807, 2.05) is 21.7 Å². The number of piperazine rings is 1. The highest BCUT2D eigenvalue weighted by atomic mass is 16.2. The molecule has 4 rings (SSSR count). The number of hydrogen-bond acceptors (Lipinski definition) is 4. The van der Waals surface area contributed by atoms with Crippen molar-refractivity contribution in [2.45, 2.75) is 13.8 Å². The number of fused-ring (bicyclic) bond motifs is 1. The predicted molar refractivity (Wildman–Crippen MR) is 116 cm³/mol. The summed E-state index contributed by atoms with van der Waals surface area (Å²) in [5.41, 5.74) is 9.02. The number of nitrogens with zero attached hydrogens (tertiary/aromatic N) is 4. The zero-order chi connectivity index (χ0) is 20.4. The number of aromatic nitrogens is 2. The van der Waals surface area contributed by atoms with Crippen molar-refractivity contribution < 1.29 is 4.79 Å². The second-order valence-electron chi connectivity index (χ2n) is 7.74. The van der Waals surface area contributed by atoms with E-state index in [9.17, 15) is 4.79 Å². The molecule has 0 unspecified atom stereocenters. The maximum atomic E-state index is 12.5. The van der Waals surface area contributed by atoms with E-state index >= 15 is 0 Å². The van der Waals surface area contributed by atoms with Gasteiger partial charge in [0.1, 0.15) is 5.65 Å². The summed E-state index contributed by atoms with van der Waals surface area (Å²) in [5, 5.41) is 1.98. The van der Waals surface area contributed by atoms with Crippen LogP contribution in [0, 0.1) is 13.8 Å². The van der Waals surface area contributed by atoms with Gasteiger partial charge in [0.15, 0.2) is 0 Å². The number of aryl methyl sites for hydroxylation is 2. The van der Waals surface area contributed by atoms with Crippen molar-refractivity contribution in [3.8, 4) is 11.3 Å². The van der Waals surface area contributed by atoms with Crippen LogP contribution < -0.4 is 5.43 Å². The average molecular weight is 390 g/mol. The summed E-state index contributed by atoms with van der Waals surface area (Å²) >= 11 is 0. The van der Waals surface area contributed by atoms with E-state index in [-0.39, 0.29) is 5.91 Å². The number of pyridine rings is 1. The molecule has 0 bridgehead atoms. The van der Waals surface area contributed by atoms with Crippen molar-refractivity contribution in [2.75, 3.05) is 33.2 Å². The number of nitrogens with one attached hydrogen (secondary N) is 1. The number of likely N-dealkylation sites (N-methyl/N-ethyl adjacent to an activating group) is 1. The highest BCUT2D eigenvalue weighted by Crippen LogP contribution is 2.26. The third kappa shape index (κ3) is 4.39. The van der Waals surface area contributed by atoms with Crippen LogP contribution >= 0.6 is 0 Å². The minimum atomic E-state index is -0.119. The summed E-state index contributed by atoms with van der Waals surface area (Å²) in [6.07, 6.45) is 5.46. The van der Waals surface area contributed by atoms with Crippen LogP contribution in [0.15, 0.2) is 48.7 Å². The van der Waals surface area contributed by atoms with Gasteiger partial charge in [0.2, 0.25) is 0 Å². The lowest BCUT2D eigenvalue weighted by Gasteiger charge is -2.31. The third-order valence-electron chi connectivity index (χ3n) is 5.31. The third-order valence-corrected chi connectivity index (χ3v) is 5.31. The molecule has 1 aliphatic heterocycles. The van der Waals surface area contributed by atoms with Gasteiger partial charge in [-0.15, -0.1) is 0 Å². The lowest BCUT2D eigenvalue weighted by molar-refractivity contribution is -0.121. The highest BCUT2D eigenvalue weighted by Gasteiger charge is 2.16. The van der Waals surface area contributed by atoms with Crippen LogP contribution in [0.5, 0.6) is 0 Å². The topological polar surface area (TPSA) is 52.9 Å². The van der Waals surface area contributed by atoms with E-state index < -0.39 is 0 Å². The van der Waals surface area contributed by atoms with Gasteiger partial charge in [-0.3, -0.25) is 14.6 Å². The van der Waals surface area contributed by atoms with Gasteiger partial charge in [0.25, 0.3) is 5.91 Å². The highest BCUT2D eigenvalue weighted by molar-refractivity contribution is 5.92. The number of benzene rings is 1. The SMILES string of the molecule is Cc1ccc(-c2nc3cc(C)ccn3c2/C=C/C(=O)NN2CCN(C)CC2)cc1. The van der Waals surface area contributed by atoms with Crippen LogP contribution in [-0.4, -0.2) is 58.4 Å². The van der Waals surface area contributed by atoms with Crippen molar-refractivity contribution in [3.63, 3.8) is 0 Å². The van der Waals surface area contributed by atoms with E-state index in [0.29, 0.717) is 0 Å². The van der Waals surface area contributed by atoms with Crippen molar-refractivity contribution in [1.82, 2.24) is 24.7 Å². The Bertz CT molecular complexity index is 1040. The van der Waals surface area contributed by atoms with Crippen molar-refractivity contribution in [1.29, 1.82) is 0 Å². The van der Waals surface area contributed by atoms with Gasteiger partial charge in [0, 0.05) is 44.0 Å². The number of imidazole rings is 1. The second-order valence-corrected chi connectivity index (χ2v) is 7.74. The van der Waals surface area contributed by atoms with Crippen molar-refractivity contribution >= 4 is 17.6 Å². The van der Waals surface area contributed by atoms with Gasteiger partial charge in [-0.1, -0.05) is 29.8 Å². The Balaban J connectivity index is 1.63. The lowest BCUT2D eigenvalue weighted by atomic mass is 10.1. The first-order valence-corrected chi connectivity index (χ1v) is 9.97. The second kappa shape index (κ2) is 8.19. The molecule has 3 heterocycles. The summed E-state index contributed by atoms with van der Waals surface area (Å²) in [7, 11) is 2.10. The molecule has 3 aromatic rings. The van der Waals surface area contributed by atoms with Gasteiger partial charge in [-0.2, -0.15) is 0 Å². The molecule has 0 atom stereocenters. The first-order chi connectivity index (χ1) is 14.0. The Labute approximate surface area is 171 Å². The van der Waals surface area contributed by atoms with Crippen LogP contribution in [-0.2, 0) is 4.79 Å². The predicted octanol–water partition coefficient (Wildman–Crippen LogP) is 2.91. The first-order valence-electron chi connectivity index (χ1n) is 9.97. The zero-order valence-electron chi connectivity index (χ0n) is 17.2. The maximum absolute atomic E-state index is 12.5. The number of amides is 1. The molecule has 0 aliphatic carbocycles. The zero-order valence-corrected chi connectivity index (χ0v) is 17.2. The molecule has 6 nitrogen and oxygen atoms in total. The summed E-state index contributed by atoms with van der Waals surface area (Å²) in [5.74, 6) is -0.119. The molecule has 1 N–H and O–H groups in total. The van der Waals surface area contributed by atoms with Gasteiger partial charge in [0.05, 0.1) is 11.4 Å². The molecule has 29 heavy (non-hydrogen) atoms. The van der Waals surface area contributed by atoms with Gasteiger partial charge >= 0.3 is 0 Å². The quantitative estimate of drug-likeness (QED) is 0.697. The molecular weight excluding hydrogens is 362 g/mol. The molecule has 0 saturated carbocycles. The molecule has 150 valence electrons. The number of carbonyl (C=O) groups excluding carboxylic acids is 1. The maximum Gasteiger partial charge on any atom is 0.258 e. The Morgan fingerprint density at radius 1 is 1.03 bits per heavy atom. The number of carbonyl (C=O) groups is 1. The van der Waals surface area contributed by atoms with E-state index in [0.717, 1.165) is 54.3 Å². The molecule has 2 aromatic heterocycles.